The van der Waals surface area contributed by atoms with Gasteiger partial charge in [-0.05, 0) is 86.1 Å². The zero-order valence-corrected chi connectivity index (χ0v) is 20.3. The van der Waals surface area contributed by atoms with Crippen LogP contribution in [0, 0.1) is 17.8 Å². The second kappa shape index (κ2) is 12.0. The molecule has 2 atom stereocenters. The van der Waals surface area contributed by atoms with E-state index < -0.39 is 0 Å². The Morgan fingerprint density at radius 2 is 1.90 bits per heavy atom. The fourth-order valence-corrected chi connectivity index (χ4v) is 4.05. The molecule has 1 aromatic rings. The molecule has 0 amide bonds. The molecule has 2 heteroatoms. The molecule has 1 aliphatic rings. The van der Waals surface area contributed by atoms with E-state index in [0.717, 1.165) is 24.0 Å². The number of nitrogens with zero attached hydrogens (tertiary/aromatic N) is 2. The summed E-state index contributed by atoms with van der Waals surface area (Å²) >= 11 is 0. The fourth-order valence-electron chi connectivity index (χ4n) is 4.05. The average Bonchev–Trinajstić information content (AvgIpc) is 3.23. The third-order valence-corrected chi connectivity index (χ3v) is 6.78. The summed E-state index contributed by atoms with van der Waals surface area (Å²) in [5.74, 6) is 2.17. The average molecular weight is 407 g/mol. The Labute approximate surface area is 185 Å². The molecular weight excluding hydrogens is 364 g/mol. The van der Waals surface area contributed by atoms with E-state index in [2.05, 4.69) is 77.0 Å². The number of hydrogen-bond donors (Lipinski definition) is 0. The molecule has 2 unspecified atom stereocenters. The van der Waals surface area contributed by atoms with Crippen LogP contribution in [-0.4, -0.2) is 11.9 Å². The molecule has 0 radical (unpaired) electrons. The van der Waals surface area contributed by atoms with Gasteiger partial charge < -0.3 is 0 Å². The first-order valence-corrected chi connectivity index (χ1v) is 11.9. The normalized spacial score (nSPS) is 17.2. The minimum absolute atomic E-state index is 0.630. The van der Waals surface area contributed by atoms with Crippen LogP contribution in [0.2, 0.25) is 0 Å². The summed E-state index contributed by atoms with van der Waals surface area (Å²) in [6.45, 7) is 15.6. The lowest BCUT2D eigenvalue weighted by molar-refractivity contribution is 0.359. The van der Waals surface area contributed by atoms with Gasteiger partial charge in [0.15, 0.2) is 0 Å². The third kappa shape index (κ3) is 6.79. The van der Waals surface area contributed by atoms with Crippen LogP contribution < -0.4 is 0 Å². The first-order valence-electron chi connectivity index (χ1n) is 11.9. The second-order valence-electron chi connectivity index (χ2n) is 9.27. The Hall–Kier alpha value is -1.96. The predicted octanol–water partition coefficient (Wildman–Crippen LogP) is 8.59. The molecule has 1 aromatic carbocycles. The summed E-state index contributed by atoms with van der Waals surface area (Å²) in [6.07, 6.45) is 11.4. The van der Waals surface area contributed by atoms with E-state index in [9.17, 15) is 0 Å². The molecule has 0 N–H and O–H groups in total. The molecule has 2 nitrogen and oxygen atoms in total. The Kier molecular flexibility index (Phi) is 9.75. The standard InChI is InChI=1S/C28H42N2/c1-8-10-12-24(16-15-21(5)20(3)4)28-18-27(19-30-28)26-14-11-13-25(17-26)22(6)23(7)29-9-2/h9,11,13-14,17,19-21,24H,8,10,12,15-16,18H2,1-7H3/b23-22+,29-9-. The summed E-state index contributed by atoms with van der Waals surface area (Å²) in [6, 6.07) is 8.87. The molecule has 30 heavy (non-hydrogen) atoms. The van der Waals surface area contributed by atoms with Crippen molar-refractivity contribution in [2.24, 2.45) is 27.7 Å². The van der Waals surface area contributed by atoms with Crippen LogP contribution in [0.1, 0.15) is 98.1 Å². The van der Waals surface area contributed by atoms with E-state index in [1.165, 1.54) is 60.1 Å². The van der Waals surface area contributed by atoms with Gasteiger partial charge in [-0.2, -0.15) is 0 Å². The molecule has 2 rings (SSSR count). The van der Waals surface area contributed by atoms with Crippen LogP contribution in [0.5, 0.6) is 0 Å². The number of rotatable bonds is 11. The molecule has 164 valence electrons. The van der Waals surface area contributed by atoms with Gasteiger partial charge in [0, 0.05) is 30.2 Å². The van der Waals surface area contributed by atoms with Crippen molar-refractivity contribution in [3.05, 3.63) is 47.3 Å². The second-order valence-corrected chi connectivity index (χ2v) is 9.27. The van der Waals surface area contributed by atoms with Crippen LogP contribution >= 0.6 is 0 Å². The fraction of sp³-hybridized carbons (Fsp3) is 0.571. The zero-order valence-electron chi connectivity index (χ0n) is 20.3. The quantitative estimate of drug-likeness (QED) is 0.329. The molecule has 0 saturated carbocycles. The highest BCUT2D eigenvalue weighted by molar-refractivity contribution is 5.99. The van der Waals surface area contributed by atoms with E-state index in [4.69, 9.17) is 4.99 Å². The van der Waals surface area contributed by atoms with Crippen molar-refractivity contribution in [2.75, 3.05) is 0 Å². The lowest BCUT2D eigenvalue weighted by Gasteiger charge is -2.21. The van der Waals surface area contributed by atoms with Crippen LogP contribution in [0.25, 0.3) is 11.1 Å². The van der Waals surface area contributed by atoms with E-state index in [1.807, 2.05) is 13.1 Å². The zero-order chi connectivity index (χ0) is 22.1. The van der Waals surface area contributed by atoms with Crippen molar-refractivity contribution in [1.82, 2.24) is 0 Å². The Bertz CT molecular complexity index is 808. The van der Waals surface area contributed by atoms with Crippen molar-refractivity contribution in [2.45, 2.75) is 87.0 Å². The van der Waals surface area contributed by atoms with Crippen molar-refractivity contribution in [3.63, 3.8) is 0 Å². The molecule has 0 bridgehead atoms. The number of hydrogen-bond acceptors (Lipinski definition) is 2. The smallest absolute Gasteiger partial charge is 0.0403 e. The lowest BCUT2D eigenvalue weighted by atomic mass is 9.84. The highest BCUT2D eigenvalue weighted by atomic mass is 14.7. The van der Waals surface area contributed by atoms with Crippen molar-refractivity contribution in [3.8, 4) is 0 Å². The maximum absolute atomic E-state index is 4.93. The molecule has 0 saturated heterocycles. The van der Waals surface area contributed by atoms with Gasteiger partial charge in [-0.25, -0.2) is 0 Å². The molecular formula is C28H42N2. The summed E-state index contributed by atoms with van der Waals surface area (Å²) in [4.78, 5) is 9.38. The molecule has 0 fully saturated rings. The minimum atomic E-state index is 0.630. The van der Waals surface area contributed by atoms with Crippen molar-refractivity contribution >= 4 is 23.1 Å². The SMILES string of the molecule is C/C=N\C(C)=C(/C)c1cccc(C2=CN=C(C(CCCC)CCC(C)C(C)C)C2)c1. The number of benzene rings is 1. The summed E-state index contributed by atoms with van der Waals surface area (Å²) in [5, 5.41) is 0. The van der Waals surface area contributed by atoms with E-state index in [0.29, 0.717) is 5.92 Å². The van der Waals surface area contributed by atoms with Gasteiger partial charge in [0.05, 0.1) is 0 Å². The first kappa shape index (κ1) is 24.3. The number of unbranched alkanes of at least 4 members (excludes halogenated alkanes) is 1. The maximum Gasteiger partial charge on any atom is 0.0403 e. The maximum atomic E-state index is 4.93. The molecule has 1 aliphatic heterocycles. The minimum Gasteiger partial charge on any atom is -0.266 e. The summed E-state index contributed by atoms with van der Waals surface area (Å²) in [7, 11) is 0. The van der Waals surface area contributed by atoms with Gasteiger partial charge >= 0.3 is 0 Å². The Balaban J connectivity index is 2.11. The molecule has 0 spiro atoms. The van der Waals surface area contributed by atoms with E-state index in [1.54, 1.807) is 0 Å². The third-order valence-electron chi connectivity index (χ3n) is 6.78. The highest BCUT2D eigenvalue weighted by Crippen LogP contribution is 2.33. The molecule has 0 aliphatic carbocycles. The lowest BCUT2D eigenvalue weighted by Crippen LogP contribution is -2.16. The van der Waals surface area contributed by atoms with Gasteiger partial charge in [-0.3, -0.25) is 9.98 Å². The van der Waals surface area contributed by atoms with Crippen LogP contribution in [0.4, 0.5) is 0 Å². The van der Waals surface area contributed by atoms with Crippen LogP contribution in [0.3, 0.4) is 0 Å². The van der Waals surface area contributed by atoms with Gasteiger partial charge in [-0.15, -0.1) is 0 Å². The Morgan fingerprint density at radius 3 is 2.57 bits per heavy atom. The van der Waals surface area contributed by atoms with Crippen molar-refractivity contribution in [1.29, 1.82) is 0 Å². The topological polar surface area (TPSA) is 24.7 Å². The highest BCUT2D eigenvalue weighted by Gasteiger charge is 2.22. The van der Waals surface area contributed by atoms with Gasteiger partial charge in [0.25, 0.3) is 0 Å². The number of aliphatic imine (C=N–C) groups is 2. The molecule has 0 aromatic heterocycles. The molecule has 1 heterocycles. The number of allylic oxidation sites excluding steroid dienone is 3. The van der Waals surface area contributed by atoms with Crippen molar-refractivity contribution < 1.29 is 0 Å². The first-order chi connectivity index (χ1) is 14.4. The predicted molar refractivity (Wildman–Crippen MR) is 135 cm³/mol. The van der Waals surface area contributed by atoms with Gasteiger partial charge in [0.1, 0.15) is 0 Å². The van der Waals surface area contributed by atoms with Crippen LogP contribution in [0.15, 0.2) is 46.1 Å². The Morgan fingerprint density at radius 1 is 1.13 bits per heavy atom. The van der Waals surface area contributed by atoms with E-state index >= 15 is 0 Å². The summed E-state index contributed by atoms with van der Waals surface area (Å²) in [5.41, 5.74) is 7.61. The van der Waals surface area contributed by atoms with Gasteiger partial charge in [-0.1, -0.05) is 58.7 Å². The summed E-state index contributed by atoms with van der Waals surface area (Å²) < 4.78 is 0. The van der Waals surface area contributed by atoms with Gasteiger partial charge in [0.2, 0.25) is 0 Å². The monoisotopic (exact) mass is 406 g/mol. The van der Waals surface area contributed by atoms with Crippen LogP contribution in [-0.2, 0) is 0 Å². The largest absolute Gasteiger partial charge is 0.266 e. The van der Waals surface area contributed by atoms with E-state index in [-0.39, 0.29) is 0 Å².